The molecule has 1 amide bonds. The molecule has 236 valence electrons. The molecule has 13 heteroatoms. The summed E-state index contributed by atoms with van der Waals surface area (Å²) in [4.78, 5) is 55.7. The van der Waals surface area contributed by atoms with Crippen molar-refractivity contribution in [3.8, 4) is 22.5 Å². The maximum Gasteiger partial charge on any atom is 0.408 e. The Morgan fingerprint density at radius 2 is 1.89 bits per heavy atom. The van der Waals surface area contributed by atoms with Crippen molar-refractivity contribution >= 4 is 35.0 Å². The first-order chi connectivity index (χ1) is 20.7. The van der Waals surface area contributed by atoms with Crippen LogP contribution < -0.4 is 5.32 Å². The lowest BCUT2D eigenvalue weighted by atomic mass is 9.74. The highest BCUT2D eigenvalue weighted by atomic mass is 32.1. The molecule has 0 bridgehead atoms. The van der Waals surface area contributed by atoms with Crippen molar-refractivity contribution in [1.29, 1.82) is 0 Å². The molecule has 1 N–H and O–H groups in total. The third kappa shape index (κ3) is 7.02. The van der Waals surface area contributed by atoms with E-state index in [4.69, 9.17) is 14.2 Å². The molecule has 2 fully saturated rings. The van der Waals surface area contributed by atoms with E-state index in [0.717, 1.165) is 9.75 Å². The Morgan fingerprint density at radius 3 is 2.55 bits per heavy atom. The van der Waals surface area contributed by atoms with Crippen LogP contribution in [-0.4, -0.2) is 73.8 Å². The fraction of sp³-hybridized carbons (Fsp3) is 0.613. The first-order valence-electron chi connectivity index (χ1n) is 14.7. The van der Waals surface area contributed by atoms with Crippen LogP contribution in [0.5, 0.6) is 0 Å². The molecule has 4 rings (SSSR count). The number of carbonyl (C=O) groups excluding carboxylic acids is 4. The third-order valence-corrected chi connectivity index (χ3v) is 9.34. The van der Waals surface area contributed by atoms with E-state index in [0.29, 0.717) is 12.2 Å². The van der Waals surface area contributed by atoms with E-state index in [1.165, 1.54) is 23.1 Å². The molecule has 0 aromatic carbocycles. The minimum atomic E-state index is -1.31. The van der Waals surface area contributed by atoms with Crippen LogP contribution in [0.25, 0.3) is 10.7 Å². The molecule has 0 saturated carbocycles. The molecule has 2 aromatic rings. The van der Waals surface area contributed by atoms with E-state index in [1.807, 2.05) is 12.1 Å². The quantitative estimate of drug-likeness (QED) is 0.304. The minimum absolute atomic E-state index is 0.00211. The SMILES string of the molecule is CC[C@H]1OC(=O)[C@H](C)C(=O)[C@H](C)[C][C@](C)(OCC#Cc2ccc(-c3nnn(C)n3)s2)C[C@@H](C)C(=O)[C@H](C)[C@H]2NC(=O)O[C@@]21C. The highest BCUT2D eigenvalue weighted by Gasteiger charge is 2.56. The molecule has 2 aromatic heterocycles. The van der Waals surface area contributed by atoms with E-state index in [2.05, 4.69) is 39.0 Å². The summed E-state index contributed by atoms with van der Waals surface area (Å²) in [6.07, 6.45) is 2.16. The first-order valence-corrected chi connectivity index (χ1v) is 15.5. The Balaban J connectivity index is 1.57. The predicted molar refractivity (Wildman–Crippen MR) is 160 cm³/mol. The van der Waals surface area contributed by atoms with Crippen LogP contribution in [0.3, 0.4) is 0 Å². The molecule has 2 saturated heterocycles. The minimum Gasteiger partial charge on any atom is -0.458 e. The number of esters is 1. The second-order valence-corrected chi connectivity index (χ2v) is 13.0. The molecule has 0 spiro atoms. The molecule has 0 unspecified atom stereocenters. The van der Waals surface area contributed by atoms with E-state index in [-0.39, 0.29) is 18.8 Å². The smallest absolute Gasteiger partial charge is 0.408 e. The van der Waals surface area contributed by atoms with Gasteiger partial charge in [0.25, 0.3) is 0 Å². The van der Waals surface area contributed by atoms with Gasteiger partial charge in [-0.3, -0.25) is 14.4 Å². The van der Waals surface area contributed by atoms with Crippen molar-refractivity contribution in [3.05, 3.63) is 23.4 Å². The van der Waals surface area contributed by atoms with Gasteiger partial charge in [0.05, 0.1) is 28.4 Å². The predicted octanol–water partition coefficient (Wildman–Crippen LogP) is 3.42. The number of Topliss-reactive ketones (excluding diaryl/α,β-unsaturated/α-hetero) is 2. The lowest BCUT2D eigenvalue weighted by Gasteiger charge is -2.39. The number of nitrogens with zero attached hydrogens (tertiary/aromatic N) is 4. The summed E-state index contributed by atoms with van der Waals surface area (Å²) in [5, 5.41) is 14.8. The lowest BCUT2D eigenvalue weighted by Crippen LogP contribution is -2.57. The van der Waals surface area contributed by atoms with Crippen LogP contribution in [0.2, 0.25) is 0 Å². The Kier molecular flexibility index (Phi) is 9.95. The number of nitrogens with one attached hydrogen (secondary N) is 1. The van der Waals surface area contributed by atoms with Crippen LogP contribution in [0.1, 0.15) is 66.2 Å². The molecule has 0 aliphatic carbocycles. The molecule has 44 heavy (non-hydrogen) atoms. The Hall–Kier alpha value is -3.63. The molecule has 2 aliphatic heterocycles. The largest absolute Gasteiger partial charge is 0.458 e. The van der Waals surface area contributed by atoms with Crippen molar-refractivity contribution < 1.29 is 33.4 Å². The number of alkyl carbamates (subject to hydrolysis) is 1. The molecule has 12 nitrogen and oxygen atoms in total. The zero-order valence-electron chi connectivity index (χ0n) is 26.3. The summed E-state index contributed by atoms with van der Waals surface area (Å²) >= 11 is 1.42. The molecule has 4 heterocycles. The summed E-state index contributed by atoms with van der Waals surface area (Å²) in [6, 6.07) is 2.97. The van der Waals surface area contributed by atoms with Gasteiger partial charge < -0.3 is 19.5 Å². The number of ether oxygens (including phenoxy) is 3. The number of aromatic nitrogens is 4. The second kappa shape index (κ2) is 13.2. The van der Waals surface area contributed by atoms with Crippen molar-refractivity contribution in [3.63, 3.8) is 0 Å². The average Bonchev–Trinajstić information content (AvgIpc) is 3.70. The number of hydrogen-bond acceptors (Lipinski definition) is 11. The van der Waals surface area contributed by atoms with Crippen LogP contribution >= 0.6 is 11.3 Å². The summed E-state index contributed by atoms with van der Waals surface area (Å²) in [7, 11) is 1.69. The highest BCUT2D eigenvalue weighted by molar-refractivity contribution is 7.15. The fourth-order valence-electron chi connectivity index (χ4n) is 6.00. The Labute approximate surface area is 261 Å². The van der Waals surface area contributed by atoms with Gasteiger partial charge in [-0.25, -0.2) is 4.79 Å². The summed E-state index contributed by atoms with van der Waals surface area (Å²) in [5.41, 5.74) is -2.48. The van der Waals surface area contributed by atoms with E-state index < -0.39 is 64.9 Å². The highest BCUT2D eigenvalue weighted by Crippen LogP contribution is 2.38. The van der Waals surface area contributed by atoms with Crippen molar-refractivity contribution in [2.45, 2.75) is 84.7 Å². The Bertz CT molecular complexity index is 1480. The van der Waals surface area contributed by atoms with Gasteiger partial charge >= 0.3 is 12.1 Å². The van der Waals surface area contributed by atoms with Crippen LogP contribution in [0.4, 0.5) is 4.79 Å². The number of thiophene rings is 1. The van der Waals surface area contributed by atoms with Gasteiger partial charge in [0.2, 0.25) is 5.82 Å². The molecular formula is C31H39N5O7S. The third-order valence-electron chi connectivity index (χ3n) is 8.34. The average molecular weight is 626 g/mol. The Morgan fingerprint density at radius 1 is 1.16 bits per heavy atom. The fourth-order valence-corrected chi connectivity index (χ4v) is 6.81. The number of aryl methyl sites for hydroxylation is 1. The topological polar surface area (TPSA) is 152 Å². The number of ketones is 2. The van der Waals surface area contributed by atoms with Gasteiger partial charge in [-0.15, -0.1) is 21.5 Å². The maximum atomic E-state index is 13.8. The van der Waals surface area contributed by atoms with Gasteiger partial charge in [0, 0.05) is 24.2 Å². The number of amides is 1. The standard InChI is InChI=1S/C31H39N5O7S/c1-9-23-31(7)26(32-29(40)43-31)19(4)24(37)17(2)15-30(6,16-18(3)25(38)20(5)28(39)42-23)41-14-10-11-21-12-13-22(44-21)27-33-35-36(8)34-27/h12-13,17-20,23,26H,9,14-15H2,1-8H3,(H,32,40)/t17-,18-,19+,20-,23-,26-,30-,31-/m1/s1. The number of fused-ring (bicyclic) bond motifs is 1. The van der Waals surface area contributed by atoms with Gasteiger partial charge in [-0.05, 0) is 51.0 Å². The number of rotatable bonds is 4. The number of tetrazole rings is 1. The van der Waals surface area contributed by atoms with Gasteiger partial charge in [-0.1, -0.05) is 39.5 Å². The van der Waals surface area contributed by atoms with Crippen molar-refractivity contribution in [2.24, 2.45) is 30.7 Å². The first kappa shape index (κ1) is 33.3. The maximum absolute atomic E-state index is 13.8. The molecule has 2 aliphatic rings. The zero-order valence-corrected chi connectivity index (χ0v) is 27.1. The number of cyclic esters (lactones) is 1. The molecule has 2 radical (unpaired) electrons. The van der Waals surface area contributed by atoms with Crippen LogP contribution in [0, 0.1) is 41.9 Å². The van der Waals surface area contributed by atoms with E-state index in [9.17, 15) is 19.2 Å². The van der Waals surface area contributed by atoms with Crippen LogP contribution in [0.15, 0.2) is 12.1 Å². The van der Waals surface area contributed by atoms with Crippen molar-refractivity contribution in [1.82, 2.24) is 25.5 Å². The summed E-state index contributed by atoms with van der Waals surface area (Å²) in [5.74, 6) is 2.19. The zero-order chi connectivity index (χ0) is 32.4. The monoisotopic (exact) mass is 625 g/mol. The number of hydrogen-bond donors (Lipinski definition) is 1. The summed E-state index contributed by atoms with van der Waals surface area (Å²) in [6.45, 7) is 11.8. The normalized spacial score (nSPS) is 33.4. The van der Waals surface area contributed by atoms with Gasteiger partial charge in [0.15, 0.2) is 5.60 Å². The summed E-state index contributed by atoms with van der Waals surface area (Å²) < 4.78 is 17.6. The second-order valence-electron chi connectivity index (χ2n) is 11.9. The number of carbonyl (C=O) groups is 4. The molecular weight excluding hydrogens is 586 g/mol. The van der Waals surface area contributed by atoms with Gasteiger partial charge in [0.1, 0.15) is 30.2 Å². The van der Waals surface area contributed by atoms with Gasteiger partial charge in [-0.2, -0.15) is 4.80 Å². The molecule has 8 atom stereocenters. The lowest BCUT2D eigenvalue weighted by molar-refractivity contribution is -0.170. The van der Waals surface area contributed by atoms with Crippen molar-refractivity contribution in [2.75, 3.05) is 6.61 Å². The van der Waals surface area contributed by atoms with Crippen LogP contribution in [-0.2, 0) is 35.6 Å². The van der Waals surface area contributed by atoms with E-state index in [1.54, 1.807) is 48.6 Å². The van der Waals surface area contributed by atoms with E-state index >= 15 is 0 Å².